The summed E-state index contributed by atoms with van der Waals surface area (Å²) in [6, 6.07) is 0. The van der Waals surface area contributed by atoms with Crippen molar-refractivity contribution in [3.05, 3.63) is 36.8 Å². The van der Waals surface area contributed by atoms with E-state index in [4.69, 9.17) is 11.6 Å². The summed E-state index contributed by atoms with van der Waals surface area (Å²) in [6.07, 6.45) is 4.35. The van der Waals surface area contributed by atoms with Gasteiger partial charge in [-0.3, -0.25) is 0 Å². The first-order valence-corrected chi connectivity index (χ1v) is 6.65. The van der Waals surface area contributed by atoms with Crippen LogP contribution in [0.25, 0.3) is 0 Å². The van der Waals surface area contributed by atoms with Crippen LogP contribution in [-0.2, 0) is 17.1 Å². The van der Waals surface area contributed by atoms with Crippen molar-refractivity contribution < 1.29 is 8.42 Å². The Hall–Kier alpha value is -1.11. The number of hydrogen-bond donors (Lipinski definition) is 0. The molecule has 0 aliphatic carbocycles. The van der Waals surface area contributed by atoms with Crippen LogP contribution in [0.5, 0.6) is 0 Å². The fourth-order valence-corrected chi connectivity index (χ4v) is 3.02. The number of sulfonamides is 1. The summed E-state index contributed by atoms with van der Waals surface area (Å²) in [5.41, 5.74) is 0. The molecule has 1 rings (SSSR count). The van der Waals surface area contributed by atoms with Crippen molar-refractivity contribution in [2.75, 3.05) is 13.1 Å². The molecule has 7 heteroatoms. The van der Waals surface area contributed by atoms with Gasteiger partial charge in [-0.05, 0) is 0 Å². The van der Waals surface area contributed by atoms with E-state index in [1.54, 1.807) is 7.05 Å². The SMILES string of the molecule is C=CCN(CC=C)S(=O)(=O)c1ncn(C)c1Cl. The molecule has 0 spiro atoms. The molecule has 0 N–H and O–H groups in total. The van der Waals surface area contributed by atoms with Gasteiger partial charge in [0.05, 0.1) is 6.33 Å². The van der Waals surface area contributed by atoms with Gasteiger partial charge in [0.25, 0.3) is 10.0 Å². The fraction of sp³-hybridized carbons (Fsp3) is 0.300. The molecule has 0 aliphatic heterocycles. The predicted molar refractivity (Wildman–Crippen MR) is 67.4 cm³/mol. The first kappa shape index (κ1) is 14.0. The zero-order valence-corrected chi connectivity index (χ0v) is 11.1. The number of nitrogens with zero attached hydrogens (tertiary/aromatic N) is 3. The largest absolute Gasteiger partial charge is 0.324 e. The second kappa shape index (κ2) is 5.48. The second-order valence-corrected chi connectivity index (χ2v) is 5.56. The normalized spacial score (nSPS) is 11.7. The number of imidazole rings is 1. The van der Waals surface area contributed by atoms with E-state index in [0.29, 0.717) is 0 Å². The highest BCUT2D eigenvalue weighted by Crippen LogP contribution is 2.22. The average Bonchev–Trinajstić information content (AvgIpc) is 2.60. The van der Waals surface area contributed by atoms with Crippen molar-refractivity contribution >= 4 is 21.6 Å². The maximum absolute atomic E-state index is 12.2. The van der Waals surface area contributed by atoms with Crippen LogP contribution in [0.2, 0.25) is 5.15 Å². The van der Waals surface area contributed by atoms with Crippen molar-refractivity contribution in [3.63, 3.8) is 0 Å². The van der Waals surface area contributed by atoms with Crippen LogP contribution in [0, 0.1) is 0 Å². The molecule has 0 saturated carbocycles. The molecule has 0 saturated heterocycles. The van der Waals surface area contributed by atoms with Gasteiger partial charge >= 0.3 is 0 Å². The number of aryl methyl sites for hydroxylation is 1. The quantitative estimate of drug-likeness (QED) is 0.738. The fourth-order valence-electron chi connectivity index (χ4n) is 1.25. The van der Waals surface area contributed by atoms with Gasteiger partial charge < -0.3 is 4.57 Å². The summed E-state index contributed by atoms with van der Waals surface area (Å²) in [7, 11) is -2.08. The Morgan fingerprint density at radius 3 is 2.35 bits per heavy atom. The molecule has 0 amide bonds. The Bertz CT molecular complexity index is 512. The van der Waals surface area contributed by atoms with Gasteiger partial charge in [0, 0.05) is 20.1 Å². The van der Waals surface area contributed by atoms with Crippen molar-refractivity contribution in [1.29, 1.82) is 0 Å². The number of halogens is 1. The Labute approximate surface area is 106 Å². The molecule has 17 heavy (non-hydrogen) atoms. The number of hydrogen-bond acceptors (Lipinski definition) is 3. The highest BCUT2D eigenvalue weighted by Gasteiger charge is 2.28. The zero-order chi connectivity index (χ0) is 13.1. The average molecular weight is 276 g/mol. The minimum atomic E-state index is -3.71. The molecular weight excluding hydrogens is 262 g/mol. The lowest BCUT2D eigenvalue weighted by Gasteiger charge is -2.17. The summed E-state index contributed by atoms with van der Waals surface area (Å²) in [6.45, 7) is 7.40. The van der Waals surface area contributed by atoms with Crippen molar-refractivity contribution in [2.45, 2.75) is 5.03 Å². The van der Waals surface area contributed by atoms with E-state index in [-0.39, 0.29) is 23.3 Å². The molecule has 0 unspecified atom stereocenters. The molecule has 94 valence electrons. The van der Waals surface area contributed by atoms with Crippen LogP contribution in [0.3, 0.4) is 0 Å². The Balaban J connectivity index is 3.20. The summed E-state index contributed by atoms with van der Waals surface area (Å²) >= 11 is 5.88. The monoisotopic (exact) mass is 275 g/mol. The maximum Gasteiger partial charge on any atom is 0.264 e. The van der Waals surface area contributed by atoms with Crippen LogP contribution < -0.4 is 0 Å². The lowest BCUT2D eigenvalue weighted by molar-refractivity contribution is 0.471. The zero-order valence-electron chi connectivity index (χ0n) is 9.50. The molecule has 1 aromatic rings. The van der Waals surface area contributed by atoms with Crippen molar-refractivity contribution in [3.8, 4) is 0 Å². The Morgan fingerprint density at radius 1 is 1.47 bits per heavy atom. The van der Waals surface area contributed by atoms with E-state index in [1.165, 1.54) is 27.4 Å². The van der Waals surface area contributed by atoms with Crippen LogP contribution in [-0.4, -0.2) is 35.4 Å². The van der Waals surface area contributed by atoms with Gasteiger partial charge in [0.2, 0.25) is 5.03 Å². The molecule has 1 heterocycles. The summed E-state index contributed by atoms with van der Waals surface area (Å²) < 4.78 is 27.1. The minimum absolute atomic E-state index is 0.0862. The van der Waals surface area contributed by atoms with Crippen LogP contribution in [0.15, 0.2) is 36.7 Å². The number of rotatable bonds is 6. The first-order chi connectivity index (χ1) is 7.95. The Kier molecular flexibility index (Phi) is 4.50. The van der Waals surface area contributed by atoms with Gasteiger partial charge in [0.1, 0.15) is 5.15 Å². The topological polar surface area (TPSA) is 55.2 Å². The van der Waals surface area contributed by atoms with E-state index in [9.17, 15) is 8.42 Å². The lowest BCUT2D eigenvalue weighted by atomic mass is 10.5. The maximum atomic E-state index is 12.2. The first-order valence-electron chi connectivity index (χ1n) is 4.84. The van der Waals surface area contributed by atoms with E-state index in [0.717, 1.165) is 0 Å². The molecule has 0 radical (unpaired) electrons. The smallest absolute Gasteiger partial charge is 0.264 e. The number of aromatic nitrogens is 2. The predicted octanol–water partition coefficient (Wildman–Crippen LogP) is 1.44. The molecule has 0 atom stereocenters. The third kappa shape index (κ3) is 2.77. The van der Waals surface area contributed by atoms with Crippen LogP contribution >= 0.6 is 11.6 Å². The van der Waals surface area contributed by atoms with E-state index >= 15 is 0 Å². The third-order valence-electron chi connectivity index (χ3n) is 2.08. The van der Waals surface area contributed by atoms with E-state index in [2.05, 4.69) is 18.1 Å². The second-order valence-electron chi connectivity index (χ2n) is 3.35. The summed E-state index contributed by atoms with van der Waals surface area (Å²) in [4.78, 5) is 3.81. The van der Waals surface area contributed by atoms with Crippen LogP contribution in [0.1, 0.15) is 0 Å². The third-order valence-corrected chi connectivity index (χ3v) is 4.41. The lowest BCUT2D eigenvalue weighted by Crippen LogP contribution is -2.31. The van der Waals surface area contributed by atoms with Crippen molar-refractivity contribution in [1.82, 2.24) is 13.9 Å². The highest BCUT2D eigenvalue weighted by molar-refractivity contribution is 7.89. The standard InChI is InChI=1S/C10H14ClN3O2S/c1-4-6-14(7-5-2)17(15,16)10-9(11)13(3)8-12-10/h4-5,8H,1-2,6-7H2,3H3. The summed E-state index contributed by atoms with van der Waals surface area (Å²) in [5, 5.41) is -0.0616. The van der Waals surface area contributed by atoms with Crippen molar-refractivity contribution in [2.24, 2.45) is 7.05 Å². The molecule has 5 nitrogen and oxygen atoms in total. The van der Waals surface area contributed by atoms with Gasteiger partial charge in [-0.1, -0.05) is 23.8 Å². The minimum Gasteiger partial charge on any atom is -0.324 e. The van der Waals surface area contributed by atoms with Gasteiger partial charge in [-0.15, -0.1) is 13.2 Å². The van der Waals surface area contributed by atoms with Gasteiger partial charge in [-0.25, -0.2) is 13.4 Å². The molecular formula is C10H14ClN3O2S. The van der Waals surface area contributed by atoms with Crippen LogP contribution in [0.4, 0.5) is 0 Å². The molecule has 1 aromatic heterocycles. The van der Waals surface area contributed by atoms with Gasteiger partial charge in [0.15, 0.2) is 0 Å². The highest BCUT2D eigenvalue weighted by atomic mass is 35.5. The molecule has 0 aromatic carbocycles. The summed E-state index contributed by atoms with van der Waals surface area (Å²) in [5.74, 6) is 0. The molecule has 0 bridgehead atoms. The van der Waals surface area contributed by atoms with E-state index in [1.807, 2.05) is 0 Å². The molecule has 0 aliphatic rings. The molecule has 0 fully saturated rings. The van der Waals surface area contributed by atoms with Gasteiger partial charge in [-0.2, -0.15) is 4.31 Å². The van der Waals surface area contributed by atoms with E-state index < -0.39 is 10.0 Å². The Morgan fingerprint density at radius 2 is 2.00 bits per heavy atom.